The second-order valence-electron chi connectivity index (χ2n) is 8.64. The number of aromatic nitrogens is 2. The Morgan fingerprint density at radius 1 is 1.00 bits per heavy atom. The van der Waals surface area contributed by atoms with Gasteiger partial charge in [0.2, 0.25) is 0 Å². The molecule has 172 valence electrons. The lowest BCUT2D eigenvalue weighted by Gasteiger charge is -2.23. The maximum atomic E-state index is 13.3. The van der Waals surface area contributed by atoms with Gasteiger partial charge in [0.15, 0.2) is 0 Å². The van der Waals surface area contributed by atoms with E-state index in [1.54, 1.807) is 24.3 Å². The van der Waals surface area contributed by atoms with Gasteiger partial charge < -0.3 is 9.72 Å². The van der Waals surface area contributed by atoms with Crippen LogP contribution in [0.1, 0.15) is 43.9 Å². The van der Waals surface area contributed by atoms with E-state index in [0.717, 1.165) is 29.1 Å². The summed E-state index contributed by atoms with van der Waals surface area (Å²) in [5.74, 6) is 0.924. The second kappa shape index (κ2) is 8.75. The Morgan fingerprint density at radius 2 is 1.76 bits per heavy atom. The quantitative estimate of drug-likeness (QED) is 0.307. The Bertz CT molecular complexity index is 1290. The van der Waals surface area contributed by atoms with Crippen molar-refractivity contribution in [3.05, 3.63) is 82.4 Å². The number of nitrogens with zero attached hydrogens (tertiary/aromatic N) is 1. The Labute approximate surface area is 195 Å². The molecule has 1 heterocycles. The number of imidazole rings is 1. The lowest BCUT2D eigenvalue weighted by Crippen LogP contribution is -2.15. The number of nitrogens with one attached hydrogen (secondary N) is 1. The monoisotopic (exact) mass is 472 g/mol. The van der Waals surface area contributed by atoms with Crippen LogP contribution in [0.25, 0.3) is 22.4 Å². The first-order valence-corrected chi connectivity index (χ1v) is 11.0. The van der Waals surface area contributed by atoms with Crippen LogP contribution in [-0.2, 0) is 18.2 Å². The average Bonchev–Trinajstić information content (AvgIpc) is 3.21. The van der Waals surface area contributed by atoms with Crippen LogP contribution in [0, 0.1) is 0 Å². The fraction of sp³-hybridized carbons (Fsp3) is 0.269. The van der Waals surface area contributed by atoms with Crippen LogP contribution in [0.2, 0.25) is 5.02 Å². The maximum Gasteiger partial charge on any atom is 0.416 e. The van der Waals surface area contributed by atoms with Gasteiger partial charge in [-0.1, -0.05) is 56.6 Å². The van der Waals surface area contributed by atoms with E-state index in [9.17, 15) is 13.2 Å². The van der Waals surface area contributed by atoms with E-state index in [1.807, 2.05) is 6.07 Å². The molecule has 0 spiro atoms. The number of hydrogen-bond acceptors (Lipinski definition) is 2. The van der Waals surface area contributed by atoms with Crippen LogP contribution in [0.3, 0.4) is 0 Å². The molecule has 0 bridgehead atoms. The molecule has 0 aliphatic carbocycles. The molecule has 0 saturated heterocycles. The summed E-state index contributed by atoms with van der Waals surface area (Å²) < 4.78 is 45.5. The molecule has 3 aromatic carbocycles. The van der Waals surface area contributed by atoms with Gasteiger partial charge in [-0.05, 0) is 53.8 Å². The Kier molecular flexibility index (Phi) is 6.14. The van der Waals surface area contributed by atoms with Crippen molar-refractivity contribution in [1.82, 2.24) is 9.97 Å². The summed E-state index contributed by atoms with van der Waals surface area (Å²) in [5, 5.41) is 0.311. The fourth-order valence-electron chi connectivity index (χ4n) is 3.61. The summed E-state index contributed by atoms with van der Waals surface area (Å²) in [7, 11) is 0. The highest BCUT2D eigenvalue weighted by Gasteiger charge is 2.33. The number of H-pyrrole nitrogens is 1. The minimum absolute atomic E-state index is 0.0428. The van der Waals surface area contributed by atoms with E-state index >= 15 is 0 Å². The zero-order valence-corrected chi connectivity index (χ0v) is 19.3. The fourth-order valence-corrected chi connectivity index (χ4v) is 3.78. The van der Waals surface area contributed by atoms with Gasteiger partial charge in [0, 0.05) is 11.1 Å². The minimum atomic E-state index is -4.45. The van der Waals surface area contributed by atoms with E-state index in [1.165, 1.54) is 17.7 Å². The molecule has 0 amide bonds. The van der Waals surface area contributed by atoms with Crippen molar-refractivity contribution < 1.29 is 17.9 Å². The van der Waals surface area contributed by atoms with E-state index < -0.39 is 11.7 Å². The molecule has 0 saturated carbocycles. The van der Waals surface area contributed by atoms with Crippen LogP contribution >= 0.6 is 11.6 Å². The Balaban J connectivity index is 1.62. The van der Waals surface area contributed by atoms with E-state index in [-0.39, 0.29) is 17.6 Å². The molecule has 0 radical (unpaired) electrons. The molecule has 0 unspecified atom stereocenters. The first kappa shape index (κ1) is 23.2. The van der Waals surface area contributed by atoms with Crippen LogP contribution in [0.5, 0.6) is 5.75 Å². The van der Waals surface area contributed by atoms with Gasteiger partial charge in [-0.3, -0.25) is 0 Å². The lowest BCUT2D eigenvalue weighted by molar-refractivity contribution is -0.138. The molecule has 0 fully saturated rings. The van der Waals surface area contributed by atoms with Crippen molar-refractivity contribution >= 4 is 22.6 Å². The zero-order chi connectivity index (χ0) is 23.8. The molecule has 33 heavy (non-hydrogen) atoms. The van der Waals surface area contributed by atoms with Gasteiger partial charge in [0.25, 0.3) is 0 Å². The van der Waals surface area contributed by atoms with Crippen molar-refractivity contribution in [3.63, 3.8) is 0 Å². The topological polar surface area (TPSA) is 37.9 Å². The van der Waals surface area contributed by atoms with Gasteiger partial charge in [-0.25, -0.2) is 4.98 Å². The molecule has 3 nitrogen and oxygen atoms in total. The molecule has 1 aromatic heterocycles. The predicted molar refractivity (Wildman–Crippen MR) is 126 cm³/mol. The van der Waals surface area contributed by atoms with Crippen molar-refractivity contribution in [2.75, 3.05) is 0 Å². The maximum absolute atomic E-state index is 13.3. The summed E-state index contributed by atoms with van der Waals surface area (Å²) in [6.45, 7) is 6.30. The third-order valence-electron chi connectivity index (χ3n) is 6.06. The summed E-state index contributed by atoms with van der Waals surface area (Å²) in [4.78, 5) is 8.00. The summed E-state index contributed by atoms with van der Waals surface area (Å²) >= 11 is 6.27. The summed E-state index contributed by atoms with van der Waals surface area (Å²) in [5.41, 5.74) is 3.06. The number of hydrogen-bond donors (Lipinski definition) is 1. The van der Waals surface area contributed by atoms with Gasteiger partial charge >= 0.3 is 6.18 Å². The normalized spacial score (nSPS) is 12.3. The Hall–Kier alpha value is -2.99. The molecule has 0 atom stereocenters. The predicted octanol–water partition coefficient (Wildman–Crippen LogP) is 8.17. The molecular weight excluding hydrogens is 449 g/mol. The molecule has 4 rings (SSSR count). The molecule has 0 aliphatic rings. The molecule has 7 heteroatoms. The first-order chi connectivity index (χ1) is 15.6. The van der Waals surface area contributed by atoms with E-state index in [4.69, 9.17) is 16.3 Å². The third kappa shape index (κ3) is 4.86. The standard InChI is InChI=1S/C26H24ClF3N2O/c1-4-25(2,3)18-10-12-21-22(14-18)32-24(31-21)16-9-11-20(27)23(13-16)33-15-17-7-5-6-8-19(17)26(28,29)30/h5-14H,4,15H2,1-3H3,(H,31,32). The first-order valence-electron chi connectivity index (χ1n) is 10.7. The molecule has 1 N–H and O–H groups in total. The highest BCUT2D eigenvalue weighted by Crippen LogP contribution is 2.35. The number of fused-ring (bicyclic) bond motifs is 1. The smallest absolute Gasteiger partial charge is 0.416 e. The van der Waals surface area contributed by atoms with Gasteiger partial charge in [0.05, 0.1) is 21.6 Å². The highest BCUT2D eigenvalue weighted by molar-refractivity contribution is 6.32. The third-order valence-corrected chi connectivity index (χ3v) is 6.37. The lowest BCUT2D eigenvalue weighted by atomic mass is 9.82. The Morgan fingerprint density at radius 3 is 2.48 bits per heavy atom. The minimum Gasteiger partial charge on any atom is -0.487 e. The molecule has 4 aromatic rings. The average molecular weight is 473 g/mol. The number of rotatable bonds is 6. The van der Waals surface area contributed by atoms with Crippen LogP contribution in [0.4, 0.5) is 13.2 Å². The second-order valence-corrected chi connectivity index (χ2v) is 9.05. The highest BCUT2D eigenvalue weighted by atomic mass is 35.5. The summed E-state index contributed by atoms with van der Waals surface area (Å²) in [6.07, 6.45) is -3.44. The van der Waals surface area contributed by atoms with E-state index in [0.29, 0.717) is 16.6 Å². The number of ether oxygens (including phenoxy) is 1. The van der Waals surface area contributed by atoms with Crippen molar-refractivity contribution in [2.24, 2.45) is 0 Å². The van der Waals surface area contributed by atoms with Crippen molar-refractivity contribution in [1.29, 1.82) is 0 Å². The van der Waals surface area contributed by atoms with Gasteiger partial charge in [-0.15, -0.1) is 0 Å². The van der Waals surface area contributed by atoms with Crippen LogP contribution < -0.4 is 4.74 Å². The van der Waals surface area contributed by atoms with Crippen LogP contribution in [-0.4, -0.2) is 9.97 Å². The number of aromatic amines is 1. The van der Waals surface area contributed by atoms with Crippen molar-refractivity contribution in [2.45, 2.75) is 45.4 Å². The molecular formula is C26H24ClF3N2O. The van der Waals surface area contributed by atoms with Gasteiger partial charge in [0.1, 0.15) is 18.2 Å². The van der Waals surface area contributed by atoms with Gasteiger partial charge in [-0.2, -0.15) is 13.2 Å². The number of halogens is 4. The molecule has 0 aliphatic heterocycles. The number of benzene rings is 3. The summed E-state index contributed by atoms with van der Waals surface area (Å²) in [6, 6.07) is 16.7. The SMILES string of the molecule is CCC(C)(C)c1ccc2nc(-c3ccc(Cl)c(OCc4ccccc4C(F)(F)F)c3)[nH]c2c1. The zero-order valence-electron chi connectivity index (χ0n) is 18.6. The van der Waals surface area contributed by atoms with Crippen LogP contribution in [0.15, 0.2) is 60.7 Å². The number of alkyl halides is 3. The van der Waals surface area contributed by atoms with E-state index in [2.05, 4.69) is 42.9 Å². The van der Waals surface area contributed by atoms with Crippen molar-refractivity contribution in [3.8, 4) is 17.1 Å². The largest absolute Gasteiger partial charge is 0.487 e.